The van der Waals surface area contributed by atoms with Crippen LogP contribution < -0.4 is 4.74 Å². The van der Waals surface area contributed by atoms with E-state index in [9.17, 15) is 6.48 Å². The molecule has 0 radical (unpaired) electrons. The first-order chi connectivity index (χ1) is 17.3. The summed E-state index contributed by atoms with van der Waals surface area (Å²) >= 11 is 0. The number of phenols is 1. The first kappa shape index (κ1) is 5.82. The molecule has 1 aromatic carbocycles. The maximum absolute atomic E-state index is 11.2. The highest BCUT2D eigenvalue weighted by molar-refractivity contribution is 5.53. The summed E-state index contributed by atoms with van der Waals surface area (Å²) in [6.45, 7) is -8.58. The Bertz CT molecular complexity index is 1160. The van der Waals surface area contributed by atoms with Crippen molar-refractivity contribution in [2.75, 3.05) is 0 Å². The lowest BCUT2D eigenvalue weighted by Crippen LogP contribution is -2.45. The van der Waals surface area contributed by atoms with Gasteiger partial charge in [0.05, 0.1) is 2.74 Å². The molecule has 23 heavy (non-hydrogen) atoms. The molecular formula is C21H30O2. The summed E-state index contributed by atoms with van der Waals surface area (Å²) in [7, 11) is 0. The number of phenolic OH excluding ortho intramolecular Hbond substituents is 1. The first-order valence-corrected chi connectivity index (χ1v) is 7.61. The van der Waals surface area contributed by atoms with Gasteiger partial charge in [0.1, 0.15) is 17.1 Å². The van der Waals surface area contributed by atoms with E-state index < -0.39 is 97.4 Å². The second kappa shape index (κ2) is 6.22. The number of rotatable bonds is 4. The summed E-state index contributed by atoms with van der Waals surface area (Å²) in [5, 5.41) is 11.2. The largest absolute Gasteiger partial charge is 0.507 e. The molecule has 0 unspecified atom stereocenters. The van der Waals surface area contributed by atoms with E-state index >= 15 is 0 Å². The van der Waals surface area contributed by atoms with Gasteiger partial charge in [0.25, 0.3) is 0 Å². The van der Waals surface area contributed by atoms with Gasteiger partial charge in [-0.3, -0.25) is 0 Å². The zero-order valence-electron chi connectivity index (χ0n) is 28.8. The van der Waals surface area contributed by atoms with Crippen molar-refractivity contribution in [3.05, 3.63) is 34.9 Å². The van der Waals surface area contributed by atoms with E-state index in [0.717, 1.165) is 0 Å². The molecule has 2 nitrogen and oxygen atoms in total. The summed E-state index contributed by atoms with van der Waals surface area (Å²) in [6.07, 6.45) is -5.16. The number of benzene rings is 1. The van der Waals surface area contributed by atoms with Crippen LogP contribution in [0.25, 0.3) is 0 Å². The van der Waals surface area contributed by atoms with Crippen LogP contribution in [0.15, 0.2) is 23.7 Å². The Kier molecular flexibility index (Phi) is 1.58. The highest BCUT2D eigenvalue weighted by Crippen LogP contribution is 2.53. The monoisotopic (exact) mass is 330 g/mol. The van der Waals surface area contributed by atoms with Crippen LogP contribution in [0, 0.1) is 5.92 Å². The number of fused-ring (bicyclic) bond motifs is 3. The van der Waals surface area contributed by atoms with E-state index in [1.54, 1.807) is 6.92 Å². The molecule has 1 heterocycles. The van der Waals surface area contributed by atoms with Crippen LogP contribution in [0.2, 0.25) is 0 Å². The molecule has 3 rings (SSSR count). The minimum absolute atomic E-state index is 0.207. The molecule has 1 aliphatic carbocycles. The normalized spacial score (nSPS) is 43.0. The fourth-order valence-electron chi connectivity index (χ4n) is 2.79. The van der Waals surface area contributed by atoms with Crippen molar-refractivity contribution in [2.45, 2.75) is 77.4 Å². The second-order valence-corrected chi connectivity index (χ2v) is 5.74. The predicted octanol–water partition coefficient (Wildman–Crippen LogP) is 5.74. The summed E-state index contributed by atoms with van der Waals surface area (Å²) in [5.41, 5.74) is -5.78. The number of hydrogen-bond acceptors (Lipinski definition) is 2. The molecule has 2 heteroatoms. The summed E-state index contributed by atoms with van der Waals surface area (Å²) in [4.78, 5) is 0. The molecule has 126 valence electrons. The Labute approximate surface area is 163 Å². The molecule has 1 aliphatic heterocycles. The fourth-order valence-corrected chi connectivity index (χ4v) is 2.79. The van der Waals surface area contributed by atoms with E-state index in [0.29, 0.717) is 18.9 Å². The number of allylic oxidation sites excluding steroid dienone is 2. The van der Waals surface area contributed by atoms with Crippen LogP contribution >= 0.6 is 0 Å². The Hall–Kier alpha value is -1.44. The highest BCUT2D eigenvalue weighted by Gasteiger charge is 2.45. The standard InChI is InChI=1S/C21H30O2/c1-5-6-7-8-15-12-18(22)20-16-11-14(2)9-10-17(16)21(3,4)23-19(20)13-15/h11-13,16-17,22H,5-10H2,1-4H3/t16-,17-/m1/s1/i2D3,3D3,4D3,8D2,9D2,12D,13D,16D. The zero-order valence-corrected chi connectivity index (χ0v) is 12.8. The molecule has 0 bridgehead atoms. The number of ether oxygens (including phenoxy) is 1. The molecule has 0 aromatic heterocycles. The average Bonchev–Trinajstić information content (AvgIpc) is 2.72. The van der Waals surface area contributed by atoms with Crippen molar-refractivity contribution in [1.82, 2.24) is 0 Å². The second-order valence-electron chi connectivity index (χ2n) is 5.74. The minimum Gasteiger partial charge on any atom is -0.507 e. The van der Waals surface area contributed by atoms with Gasteiger partial charge in [0.2, 0.25) is 0 Å². The maximum atomic E-state index is 11.2. The third-order valence-electron chi connectivity index (χ3n) is 3.99. The van der Waals surface area contributed by atoms with Crippen LogP contribution in [0.4, 0.5) is 0 Å². The molecule has 0 amide bonds. The van der Waals surface area contributed by atoms with Crippen LogP contribution in [-0.2, 0) is 6.37 Å². The predicted molar refractivity (Wildman–Crippen MR) is 95.3 cm³/mol. The number of aromatic hydroxyl groups is 1. The fraction of sp³-hybridized carbons (Fsp3) is 0.619. The Morgan fingerprint density at radius 3 is 3.13 bits per heavy atom. The average molecular weight is 331 g/mol. The molecule has 1 aromatic rings. The molecule has 2 aliphatic rings. The number of hydrogen-bond donors (Lipinski definition) is 1. The smallest absolute Gasteiger partial charge is 0.127 e. The number of unbranched alkanes of at least 4 members (excludes halogenated alkanes) is 1. The van der Waals surface area contributed by atoms with Gasteiger partial charge >= 0.3 is 0 Å². The Morgan fingerprint density at radius 1 is 1.52 bits per heavy atom. The van der Waals surface area contributed by atoms with Gasteiger partial charge in [-0.25, -0.2) is 0 Å². The van der Waals surface area contributed by atoms with Crippen molar-refractivity contribution in [3.8, 4) is 11.5 Å². The molecule has 0 spiro atoms. The Morgan fingerprint density at radius 2 is 2.39 bits per heavy atom. The summed E-state index contributed by atoms with van der Waals surface area (Å²) in [6, 6.07) is -1.87. The third-order valence-corrected chi connectivity index (χ3v) is 3.99. The van der Waals surface area contributed by atoms with Crippen LogP contribution in [0.1, 0.15) is 98.5 Å². The van der Waals surface area contributed by atoms with Crippen LogP contribution in [-0.4, -0.2) is 10.7 Å². The van der Waals surface area contributed by atoms with Gasteiger partial charge in [-0.2, -0.15) is 0 Å². The van der Waals surface area contributed by atoms with Crippen LogP contribution in [0.3, 0.4) is 0 Å². The van der Waals surface area contributed by atoms with E-state index in [-0.39, 0.29) is 6.42 Å². The summed E-state index contributed by atoms with van der Waals surface area (Å²) in [5.74, 6) is -7.02. The van der Waals surface area contributed by atoms with Gasteiger partial charge in [-0.05, 0) is 63.8 Å². The van der Waals surface area contributed by atoms with Gasteiger partial charge in [0.15, 0.2) is 0 Å². The molecule has 0 fully saturated rings. The minimum atomic E-state index is -3.60. The van der Waals surface area contributed by atoms with Gasteiger partial charge in [-0.15, -0.1) is 0 Å². The van der Waals surface area contributed by atoms with E-state index in [1.165, 1.54) is 0 Å². The van der Waals surface area contributed by atoms with E-state index in [4.69, 9.17) is 25.3 Å². The zero-order chi connectivity index (χ0) is 30.4. The van der Waals surface area contributed by atoms with E-state index in [1.807, 2.05) is 0 Å². The lowest BCUT2D eigenvalue weighted by atomic mass is 9.68. The Balaban J connectivity index is 2.60. The van der Waals surface area contributed by atoms with E-state index in [2.05, 4.69) is 0 Å². The van der Waals surface area contributed by atoms with Crippen molar-refractivity contribution in [1.29, 1.82) is 0 Å². The van der Waals surface area contributed by atoms with Crippen molar-refractivity contribution >= 4 is 0 Å². The SMILES string of the molecule is [2H]c1c(O)c2c(c([2H])c1C([2H])([2H])CCCC)OC(C([2H])([2H])[2H])(C([2H])([2H])[2H])[C@@H]1CC([2H])([2H])C(C([2H])([2H])[2H])=C[C@@]21[2H]. The molecule has 2 atom stereocenters. The third kappa shape index (κ3) is 3.13. The van der Waals surface area contributed by atoms with Crippen molar-refractivity contribution < 1.29 is 31.8 Å². The van der Waals surface area contributed by atoms with Crippen molar-refractivity contribution in [3.63, 3.8) is 0 Å². The molecular weight excluding hydrogens is 284 g/mol. The maximum Gasteiger partial charge on any atom is 0.127 e. The lowest BCUT2D eigenvalue weighted by molar-refractivity contribution is 0.0107. The van der Waals surface area contributed by atoms with Crippen LogP contribution in [0.5, 0.6) is 11.5 Å². The molecule has 0 saturated carbocycles. The molecule has 0 saturated heterocycles. The highest BCUT2D eigenvalue weighted by atomic mass is 16.5. The van der Waals surface area contributed by atoms with Gasteiger partial charge in [0, 0.05) is 36.6 Å². The summed E-state index contributed by atoms with van der Waals surface area (Å²) < 4.78 is 138. The van der Waals surface area contributed by atoms with Crippen molar-refractivity contribution in [2.24, 2.45) is 5.92 Å². The molecule has 1 N–H and O–H groups in total. The van der Waals surface area contributed by atoms with Gasteiger partial charge in [-0.1, -0.05) is 31.4 Å². The topological polar surface area (TPSA) is 29.5 Å². The lowest BCUT2D eigenvalue weighted by Gasteiger charge is -2.46. The van der Waals surface area contributed by atoms with Gasteiger partial charge < -0.3 is 9.84 Å². The quantitative estimate of drug-likeness (QED) is 0.714. The first-order valence-electron chi connectivity index (χ1n) is 15.6.